The van der Waals surface area contributed by atoms with Crippen molar-refractivity contribution in [2.24, 2.45) is 0 Å². The Morgan fingerprint density at radius 1 is 1.09 bits per heavy atom. The van der Waals surface area contributed by atoms with Gasteiger partial charge in [0.2, 0.25) is 5.91 Å². The van der Waals surface area contributed by atoms with Gasteiger partial charge >= 0.3 is 5.97 Å². The highest BCUT2D eigenvalue weighted by atomic mass is 16.4. The van der Waals surface area contributed by atoms with Gasteiger partial charge in [-0.3, -0.25) is 4.79 Å². The first-order valence-electron chi connectivity index (χ1n) is 7.15. The van der Waals surface area contributed by atoms with Crippen molar-refractivity contribution in [2.45, 2.75) is 20.3 Å². The second-order valence-electron chi connectivity index (χ2n) is 5.15. The van der Waals surface area contributed by atoms with Crippen molar-refractivity contribution in [1.82, 2.24) is 0 Å². The van der Waals surface area contributed by atoms with Crippen LogP contribution in [0.4, 0.5) is 5.69 Å². The summed E-state index contributed by atoms with van der Waals surface area (Å²) in [4.78, 5) is 25.0. The molecule has 0 atom stereocenters. The number of hydrogen-bond acceptors (Lipinski definition) is 2. The van der Waals surface area contributed by atoms with Gasteiger partial charge < -0.3 is 10.0 Å². The number of benzene rings is 2. The molecule has 4 nitrogen and oxygen atoms in total. The number of carboxylic acid groups (broad SMARTS) is 1. The van der Waals surface area contributed by atoms with Crippen LogP contribution in [0.3, 0.4) is 0 Å². The van der Waals surface area contributed by atoms with Crippen LogP contribution in [-0.2, 0) is 4.79 Å². The Morgan fingerprint density at radius 3 is 2.27 bits per heavy atom. The second kappa shape index (κ2) is 6.43. The molecular weight excluding hydrogens is 278 g/mol. The molecule has 0 aliphatic rings. The fourth-order valence-corrected chi connectivity index (χ4v) is 2.44. The minimum Gasteiger partial charge on any atom is -0.478 e. The topological polar surface area (TPSA) is 57.6 Å². The minimum atomic E-state index is -0.992. The lowest BCUT2D eigenvalue weighted by atomic mass is 9.97. The zero-order valence-electron chi connectivity index (χ0n) is 13.0. The molecule has 2 aromatic carbocycles. The summed E-state index contributed by atoms with van der Waals surface area (Å²) in [6.07, 6.45) is 0.369. The summed E-state index contributed by atoms with van der Waals surface area (Å²) in [6.45, 7) is 3.51. The molecule has 0 radical (unpaired) electrons. The first-order chi connectivity index (χ1) is 10.5. The monoisotopic (exact) mass is 297 g/mol. The van der Waals surface area contributed by atoms with E-state index in [4.69, 9.17) is 0 Å². The highest BCUT2D eigenvalue weighted by Gasteiger charge is 2.18. The van der Waals surface area contributed by atoms with Gasteiger partial charge in [0.15, 0.2) is 0 Å². The number of aromatic carboxylic acids is 1. The summed E-state index contributed by atoms with van der Waals surface area (Å²) >= 11 is 0. The minimum absolute atomic E-state index is 0.0512. The highest BCUT2D eigenvalue weighted by molar-refractivity contribution is 5.99. The van der Waals surface area contributed by atoms with E-state index in [1.165, 1.54) is 4.90 Å². The Morgan fingerprint density at radius 2 is 1.73 bits per heavy atom. The molecule has 0 fully saturated rings. The second-order valence-corrected chi connectivity index (χ2v) is 5.15. The molecule has 0 bridgehead atoms. The van der Waals surface area contributed by atoms with Crippen LogP contribution in [0.5, 0.6) is 0 Å². The van der Waals surface area contributed by atoms with E-state index in [0.29, 0.717) is 17.7 Å². The van der Waals surface area contributed by atoms with Crippen molar-refractivity contribution in [2.75, 3.05) is 11.9 Å². The molecule has 0 unspecified atom stereocenters. The van der Waals surface area contributed by atoms with Crippen LogP contribution in [0.1, 0.15) is 29.3 Å². The Balaban J connectivity index is 2.65. The Bertz CT molecular complexity index is 708. The molecule has 1 N–H and O–H groups in total. The van der Waals surface area contributed by atoms with Crippen LogP contribution in [0.15, 0.2) is 42.5 Å². The molecule has 0 aromatic heterocycles. The van der Waals surface area contributed by atoms with E-state index < -0.39 is 5.97 Å². The average molecular weight is 297 g/mol. The molecule has 1 amide bonds. The van der Waals surface area contributed by atoms with Gasteiger partial charge in [-0.15, -0.1) is 0 Å². The largest absolute Gasteiger partial charge is 0.478 e. The number of hydrogen-bond donors (Lipinski definition) is 1. The lowest BCUT2D eigenvalue weighted by Crippen LogP contribution is -2.26. The van der Waals surface area contributed by atoms with Gasteiger partial charge in [-0.05, 0) is 35.7 Å². The van der Waals surface area contributed by atoms with Gasteiger partial charge in [0, 0.05) is 19.2 Å². The van der Waals surface area contributed by atoms with Gasteiger partial charge in [0.05, 0.1) is 5.56 Å². The van der Waals surface area contributed by atoms with Crippen LogP contribution in [0.2, 0.25) is 0 Å². The van der Waals surface area contributed by atoms with Crippen molar-refractivity contribution >= 4 is 17.6 Å². The molecule has 114 valence electrons. The predicted octanol–water partition coefficient (Wildman–Crippen LogP) is 3.73. The van der Waals surface area contributed by atoms with Crippen molar-refractivity contribution in [3.63, 3.8) is 0 Å². The number of carbonyl (C=O) groups is 2. The summed E-state index contributed by atoms with van der Waals surface area (Å²) in [5, 5.41) is 9.44. The smallest absolute Gasteiger partial charge is 0.336 e. The van der Waals surface area contributed by atoms with Crippen molar-refractivity contribution < 1.29 is 14.7 Å². The van der Waals surface area contributed by atoms with Gasteiger partial charge in [-0.1, -0.05) is 37.3 Å². The van der Waals surface area contributed by atoms with Crippen LogP contribution in [0, 0.1) is 6.92 Å². The fourth-order valence-electron chi connectivity index (χ4n) is 2.44. The molecule has 0 aliphatic heterocycles. The van der Waals surface area contributed by atoms with E-state index in [1.54, 1.807) is 27.0 Å². The molecular formula is C18H19NO3. The van der Waals surface area contributed by atoms with Crippen molar-refractivity contribution in [1.29, 1.82) is 0 Å². The molecule has 0 aliphatic carbocycles. The van der Waals surface area contributed by atoms with Gasteiger partial charge in [0.25, 0.3) is 0 Å². The van der Waals surface area contributed by atoms with Crippen LogP contribution in [0.25, 0.3) is 11.1 Å². The number of amides is 1. The summed E-state index contributed by atoms with van der Waals surface area (Å²) < 4.78 is 0. The number of carboxylic acids is 1. The van der Waals surface area contributed by atoms with E-state index >= 15 is 0 Å². The zero-order valence-corrected chi connectivity index (χ0v) is 13.0. The number of carbonyl (C=O) groups excluding carboxylic acids is 1. The van der Waals surface area contributed by atoms with Crippen molar-refractivity contribution in [3.05, 3.63) is 53.6 Å². The summed E-state index contributed by atoms with van der Waals surface area (Å²) in [5.74, 6) is -1.04. The first kappa shape index (κ1) is 15.8. The lowest BCUT2D eigenvalue weighted by Gasteiger charge is -2.21. The van der Waals surface area contributed by atoms with Crippen LogP contribution < -0.4 is 4.90 Å². The maximum Gasteiger partial charge on any atom is 0.336 e. The lowest BCUT2D eigenvalue weighted by molar-refractivity contribution is -0.118. The molecule has 22 heavy (non-hydrogen) atoms. The molecule has 0 saturated carbocycles. The summed E-state index contributed by atoms with van der Waals surface area (Å²) in [7, 11) is 1.68. The standard InChI is InChI=1S/C18H19NO3/c1-4-17(20)19(3)16-11-14(13-8-6-5-7-9-13)10-15(12(16)2)18(21)22/h5-11H,4H2,1-3H3,(H,21,22). The van der Waals surface area contributed by atoms with E-state index in [1.807, 2.05) is 36.4 Å². The summed E-state index contributed by atoms with van der Waals surface area (Å²) in [5.41, 5.74) is 3.15. The zero-order chi connectivity index (χ0) is 16.3. The third-order valence-corrected chi connectivity index (χ3v) is 3.76. The van der Waals surface area contributed by atoms with Crippen molar-refractivity contribution in [3.8, 4) is 11.1 Å². The molecule has 0 saturated heterocycles. The van der Waals surface area contributed by atoms with Gasteiger partial charge in [0.1, 0.15) is 0 Å². The van der Waals surface area contributed by atoms with E-state index in [2.05, 4.69) is 0 Å². The van der Waals surface area contributed by atoms with E-state index in [9.17, 15) is 14.7 Å². The molecule has 0 heterocycles. The summed E-state index contributed by atoms with van der Waals surface area (Å²) in [6, 6.07) is 13.1. The van der Waals surface area contributed by atoms with Crippen LogP contribution >= 0.6 is 0 Å². The normalized spacial score (nSPS) is 10.3. The van der Waals surface area contributed by atoms with Gasteiger partial charge in [-0.2, -0.15) is 0 Å². The maximum atomic E-state index is 12.0. The SMILES string of the molecule is CCC(=O)N(C)c1cc(-c2ccccc2)cc(C(=O)O)c1C. The number of anilines is 1. The molecule has 0 spiro atoms. The maximum absolute atomic E-state index is 12.0. The van der Waals surface area contributed by atoms with E-state index in [0.717, 1.165) is 11.1 Å². The molecule has 2 rings (SSSR count). The molecule has 4 heteroatoms. The number of nitrogens with zero attached hydrogens (tertiary/aromatic N) is 1. The number of rotatable bonds is 4. The Hall–Kier alpha value is -2.62. The van der Waals surface area contributed by atoms with Gasteiger partial charge in [-0.25, -0.2) is 4.79 Å². The predicted molar refractivity (Wildman–Crippen MR) is 87.3 cm³/mol. The first-order valence-corrected chi connectivity index (χ1v) is 7.15. The third-order valence-electron chi connectivity index (χ3n) is 3.76. The highest BCUT2D eigenvalue weighted by Crippen LogP contribution is 2.31. The van der Waals surface area contributed by atoms with E-state index in [-0.39, 0.29) is 11.5 Å². The fraction of sp³-hybridized carbons (Fsp3) is 0.222. The Labute approximate surface area is 130 Å². The Kier molecular flexibility index (Phi) is 4.61. The molecule has 2 aromatic rings. The average Bonchev–Trinajstić information content (AvgIpc) is 2.54. The van der Waals surface area contributed by atoms with Crippen LogP contribution in [-0.4, -0.2) is 24.0 Å². The third kappa shape index (κ3) is 3.01. The quantitative estimate of drug-likeness (QED) is 0.935.